The van der Waals surface area contributed by atoms with Gasteiger partial charge in [0.25, 0.3) is 0 Å². The highest BCUT2D eigenvalue weighted by Crippen LogP contribution is 2.57. The number of phosphoric acid groups is 2. The van der Waals surface area contributed by atoms with E-state index in [1.807, 2.05) is 0 Å². The third-order valence-electron chi connectivity index (χ3n) is 1.63. The van der Waals surface area contributed by atoms with Crippen molar-refractivity contribution in [2.24, 2.45) is 0 Å². The van der Waals surface area contributed by atoms with Crippen LogP contribution in [0, 0.1) is 13.8 Å². The third kappa shape index (κ3) is 5.46. The molecule has 0 fully saturated rings. The summed E-state index contributed by atoms with van der Waals surface area (Å²) in [5.74, 6) is 0.00165. The van der Waals surface area contributed by atoms with Gasteiger partial charge in [-0.1, -0.05) is 6.07 Å². The summed E-state index contributed by atoms with van der Waals surface area (Å²) >= 11 is 0. The Morgan fingerprint density at radius 3 is 1.88 bits per heavy atom. The number of hydrogen-bond donors (Lipinski definition) is 3. The summed E-state index contributed by atoms with van der Waals surface area (Å²) in [6.07, 6.45) is 0. The zero-order valence-electron chi connectivity index (χ0n) is 9.10. The number of hydrogen-bond acceptors (Lipinski definition) is 4. The molecule has 17 heavy (non-hydrogen) atoms. The van der Waals surface area contributed by atoms with Gasteiger partial charge in [0.2, 0.25) is 0 Å². The molecule has 0 aliphatic heterocycles. The van der Waals surface area contributed by atoms with Crippen molar-refractivity contribution in [3.8, 4) is 5.75 Å². The zero-order chi connectivity index (χ0) is 13.3. The molecule has 1 aromatic rings. The third-order valence-corrected chi connectivity index (χ3v) is 3.74. The fourth-order valence-corrected chi connectivity index (χ4v) is 2.85. The Kier molecular flexibility index (Phi) is 4.15. The molecule has 96 valence electrons. The molecule has 0 saturated carbocycles. The van der Waals surface area contributed by atoms with Crippen LogP contribution in [0.5, 0.6) is 5.75 Å². The van der Waals surface area contributed by atoms with E-state index in [-0.39, 0.29) is 5.75 Å². The van der Waals surface area contributed by atoms with Gasteiger partial charge in [0.15, 0.2) is 0 Å². The Morgan fingerprint density at radius 1 is 1.00 bits per heavy atom. The van der Waals surface area contributed by atoms with Crippen LogP contribution in [0.25, 0.3) is 0 Å². The van der Waals surface area contributed by atoms with Crippen molar-refractivity contribution in [2.75, 3.05) is 0 Å². The van der Waals surface area contributed by atoms with E-state index in [0.29, 0.717) is 0 Å². The quantitative estimate of drug-likeness (QED) is 0.722. The van der Waals surface area contributed by atoms with Crippen LogP contribution >= 0.6 is 15.6 Å². The van der Waals surface area contributed by atoms with Gasteiger partial charge in [-0.05, 0) is 37.1 Å². The molecule has 1 aromatic carbocycles. The molecular formula is C8H12O7P2. The Bertz CT molecular complexity index is 486. The van der Waals surface area contributed by atoms with Crippen LogP contribution in [0.2, 0.25) is 0 Å². The van der Waals surface area contributed by atoms with Crippen LogP contribution in [0.4, 0.5) is 0 Å². The molecule has 0 heterocycles. The van der Waals surface area contributed by atoms with E-state index in [1.54, 1.807) is 19.9 Å². The lowest BCUT2D eigenvalue weighted by atomic mass is 10.1. The largest absolute Gasteiger partial charge is 0.536 e. The van der Waals surface area contributed by atoms with Gasteiger partial charge in [-0.15, -0.1) is 0 Å². The van der Waals surface area contributed by atoms with E-state index in [1.165, 1.54) is 12.1 Å². The minimum absolute atomic E-state index is 0.00165. The normalized spacial score (nSPS) is 15.4. The Morgan fingerprint density at radius 2 is 1.47 bits per heavy atom. The summed E-state index contributed by atoms with van der Waals surface area (Å²) in [7, 11) is -9.92. The van der Waals surface area contributed by atoms with Crippen molar-refractivity contribution in [1.29, 1.82) is 0 Å². The zero-order valence-corrected chi connectivity index (χ0v) is 10.9. The Balaban J connectivity index is 2.90. The van der Waals surface area contributed by atoms with Crippen molar-refractivity contribution in [2.45, 2.75) is 13.8 Å². The smallest absolute Gasteiger partial charge is 0.404 e. The molecule has 1 unspecified atom stereocenters. The highest BCUT2D eigenvalue weighted by molar-refractivity contribution is 7.60. The molecule has 1 atom stereocenters. The lowest BCUT2D eigenvalue weighted by Crippen LogP contribution is -1.96. The lowest BCUT2D eigenvalue weighted by molar-refractivity contribution is 0.229. The predicted octanol–water partition coefficient (Wildman–Crippen LogP) is 1.89. The van der Waals surface area contributed by atoms with Crippen LogP contribution in [0.15, 0.2) is 18.2 Å². The van der Waals surface area contributed by atoms with Gasteiger partial charge in [-0.2, -0.15) is 4.31 Å². The first-order valence-electron chi connectivity index (χ1n) is 4.45. The van der Waals surface area contributed by atoms with Crippen molar-refractivity contribution < 1.29 is 32.6 Å². The Hall–Kier alpha value is -0.680. The van der Waals surface area contributed by atoms with Crippen molar-refractivity contribution in [3.05, 3.63) is 29.3 Å². The minimum Gasteiger partial charge on any atom is -0.404 e. The number of rotatable bonds is 4. The van der Waals surface area contributed by atoms with E-state index < -0.39 is 15.6 Å². The SMILES string of the molecule is Cc1cc(C)cc(OP(=O)(O)OP(=O)(O)O)c1. The molecule has 7 nitrogen and oxygen atoms in total. The summed E-state index contributed by atoms with van der Waals surface area (Å²) < 4.78 is 29.9. The monoisotopic (exact) mass is 282 g/mol. The van der Waals surface area contributed by atoms with E-state index in [0.717, 1.165) is 11.1 Å². The Labute approximate surface area is 97.9 Å². The maximum Gasteiger partial charge on any atom is 0.536 e. The van der Waals surface area contributed by atoms with Gasteiger partial charge in [0, 0.05) is 0 Å². The van der Waals surface area contributed by atoms with E-state index in [9.17, 15) is 9.13 Å². The molecule has 1 rings (SSSR count). The van der Waals surface area contributed by atoms with Crippen molar-refractivity contribution in [3.63, 3.8) is 0 Å². The predicted molar refractivity (Wildman–Crippen MR) is 59.5 cm³/mol. The van der Waals surface area contributed by atoms with Gasteiger partial charge in [0.1, 0.15) is 5.75 Å². The molecule has 0 saturated heterocycles. The van der Waals surface area contributed by atoms with Gasteiger partial charge >= 0.3 is 15.6 Å². The van der Waals surface area contributed by atoms with Gasteiger partial charge in [0.05, 0.1) is 0 Å². The molecule has 0 bridgehead atoms. The topological polar surface area (TPSA) is 113 Å². The number of aryl methyl sites for hydroxylation is 2. The van der Waals surface area contributed by atoms with Crippen molar-refractivity contribution >= 4 is 15.6 Å². The molecule has 3 N–H and O–H groups in total. The van der Waals surface area contributed by atoms with Crippen LogP contribution in [0.3, 0.4) is 0 Å². The van der Waals surface area contributed by atoms with Crippen LogP contribution in [-0.4, -0.2) is 14.7 Å². The van der Waals surface area contributed by atoms with Gasteiger partial charge in [-0.25, -0.2) is 9.13 Å². The molecule has 0 aliphatic carbocycles. The van der Waals surface area contributed by atoms with E-state index in [2.05, 4.69) is 8.83 Å². The minimum atomic E-state index is -5.09. The summed E-state index contributed by atoms with van der Waals surface area (Å²) in [5.41, 5.74) is 1.55. The first-order chi connectivity index (χ1) is 7.57. The maximum atomic E-state index is 11.2. The molecule has 0 amide bonds. The summed E-state index contributed by atoms with van der Waals surface area (Å²) in [4.78, 5) is 25.9. The average Bonchev–Trinajstić information content (AvgIpc) is 1.93. The molecule has 0 radical (unpaired) electrons. The number of phosphoric ester groups is 1. The summed E-state index contributed by atoms with van der Waals surface area (Å²) in [6.45, 7) is 3.48. The highest BCUT2D eigenvalue weighted by atomic mass is 31.3. The second-order valence-corrected chi connectivity index (χ2v) is 6.21. The van der Waals surface area contributed by atoms with Crippen molar-refractivity contribution in [1.82, 2.24) is 0 Å². The fraction of sp³-hybridized carbons (Fsp3) is 0.250. The van der Waals surface area contributed by atoms with Gasteiger partial charge < -0.3 is 14.3 Å². The van der Waals surface area contributed by atoms with Crippen LogP contribution in [0.1, 0.15) is 11.1 Å². The number of benzene rings is 1. The van der Waals surface area contributed by atoms with Crippen LogP contribution < -0.4 is 4.52 Å². The fourth-order valence-electron chi connectivity index (χ4n) is 1.27. The van der Waals surface area contributed by atoms with E-state index >= 15 is 0 Å². The van der Waals surface area contributed by atoms with Crippen LogP contribution in [-0.2, 0) is 13.4 Å². The molecule has 0 aromatic heterocycles. The summed E-state index contributed by atoms with van der Waals surface area (Å²) in [6, 6.07) is 4.69. The van der Waals surface area contributed by atoms with E-state index in [4.69, 9.17) is 14.7 Å². The highest BCUT2D eigenvalue weighted by Gasteiger charge is 2.33. The summed E-state index contributed by atoms with van der Waals surface area (Å²) in [5, 5.41) is 0. The molecule has 9 heteroatoms. The first-order valence-corrected chi connectivity index (χ1v) is 7.47. The molecule has 0 aliphatic rings. The molecular weight excluding hydrogens is 270 g/mol. The second-order valence-electron chi connectivity index (χ2n) is 3.46. The lowest BCUT2D eigenvalue weighted by Gasteiger charge is -2.13. The maximum absolute atomic E-state index is 11.2. The molecule has 0 spiro atoms. The average molecular weight is 282 g/mol. The standard InChI is InChI=1S/C8H12O7P2/c1-6-3-7(2)5-8(4-6)14-17(12,13)15-16(9,10)11/h3-5H,1-2H3,(H,12,13)(H2,9,10,11). The first kappa shape index (κ1) is 14.4. The van der Waals surface area contributed by atoms with Gasteiger partial charge in [-0.3, -0.25) is 4.89 Å². The second kappa shape index (κ2) is 4.90.